The lowest BCUT2D eigenvalue weighted by atomic mass is 9.81. The minimum atomic E-state index is -0.146. The molecule has 2 nitrogen and oxygen atoms in total. The summed E-state index contributed by atoms with van der Waals surface area (Å²) in [7, 11) is 0. The summed E-state index contributed by atoms with van der Waals surface area (Å²) >= 11 is 0. The maximum absolute atomic E-state index is 6.16. The van der Waals surface area contributed by atoms with E-state index in [2.05, 4.69) is 243 Å². The van der Waals surface area contributed by atoms with Crippen LogP contribution in [0.25, 0.3) is 88.7 Å². The molecule has 11 aromatic rings. The van der Waals surface area contributed by atoms with Gasteiger partial charge in [-0.15, -0.1) is 0 Å². The van der Waals surface area contributed by atoms with E-state index in [1.165, 1.54) is 72.3 Å². The van der Waals surface area contributed by atoms with Gasteiger partial charge in [-0.3, -0.25) is 0 Å². The number of nitrogens with zero attached hydrogens (tertiary/aromatic N) is 1. The van der Waals surface area contributed by atoms with Crippen LogP contribution in [0.3, 0.4) is 0 Å². The molecule has 1 heterocycles. The molecule has 0 atom stereocenters. The van der Waals surface area contributed by atoms with E-state index in [0.29, 0.717) is 0 Å². The number of hydrogen-bond acceptors (Lipinski definition) is 2. The molecule has 2 heteroatoms. The van der Waals surface area contributed by atoms with Crippen LogP contribution in [0.2, 0.25) is 0 Å². The van der Waals surface area contributed by atoms with Crippen molar-refractivity contribution in [3.63, 3.8) is 0 Å². The number of fused-ring (bicyclic) bond motifs is 6. The maximum atomic E-state index is 6.16. The van der Waals surface area contributed by atoms with Crippen molar-refractivity contribution < 1.29 is 4.42 Å². The molecule has 0 radical (unpaired) electrons. The predicted molar refractivity (Wildman–Crippen MR) is 273 cm³/mol. The second kappa shape index (κ2) is 15.6. The first-order valence-electron chi connectivity index (χ1n) is 22.5. The Morgan fingerprint density at radius 2 is 0.677 bits per heavy atom. The minimum Gasteiger partial charge on any atom is -0.456 e. The Bertz CT molecular complexity index is 3510. The second-order valence-corrected chi connectivity index (χ2v) is 17.7. The van der Waals surface area contributed by atoms with E-state index in [1.807, 2.05) is 12.1 Å². The third-order valence-corrected chi connectivity index (χ3v) is 13.5. The highest BCUT2D eigenvalue weighted by Crippen LogP contribution is 2.51. The monoisotopic (exact) mass is 831 g/mol. The van der Waals surface area contributed by atoms with E-state index in [-0.39, 0.29) is 5.41 Å². The molecule has 1 aliphatic rings. The zero-order valence-electron chi connectivity index (χ0n) is 36.4. The highest BCUT2D eigenvalue weighted by Gasteiger charge is 2.36. The van der Waals surface area contributed by atoms with Gasteiger partial charge in [-0.2, -0.15) is 0 Å². The lowest BCUT2D eigenvalue weighted by Gasteiger charge is -2.28. The highest BCUT2D eigenvalue weighted by atomic mass is 16.3. The van der Waals surface area contributed by atoms with Crippen LogP contribution in [0.1, 0.15) is 25.0 Å². The van der Waals surface area contributed by atoms with Crippen LogP contribution in [0, 0.1) is 0 Å². The first-order chi connectivity index (χ1) is 31.9. The quantitative estimate of drug-likeness (QED) is 0.152. The van der Waals surface area contributed by atoms with Gasteiger partial charge in [0.05, 0.1) is 0 Å². The summed E-state index contributed by atoms with van der Waals surface area (Å²) in [6.45, 7) is 4.73. The summed E-state index contributed by atoms with van der Waals surface area (Å²) in [5.41, 5.74) is 22.4. The Labute approximate surface area is 380 Å². The van der Waals surface area contributed by atoms with Crippen LogP contribution < -0.4 is 4.90 Å². The number of rotatable bonds is 8. The van der Waals surface area contributed by atoms with Crippen molar-refractivity contribution >= 4 is 39.0 Å². The number of anilines is 3. The van der Waals surface area contributed by atoms with E-state index >= 15 is 0 Å². The molecule has 0 spiro atoms. The van der Waals surface area contributed by atoms with Crippen LogP contribution in [0.4, 0.5) is 17.1 Å². The maximum Gasteiger partial charge on any atom is 0.136 e. The smallest absolute Gasteiger partial charge is 0.136 e. The molecule has 10 aromatic carbocycles. The zero-order chi connectivity index (χ0) is 43.5. The van der Waals surface area contributed by atoms with E-state index < -0.39 is 0 Å². The molecule has 12 rings (SSSR count). The fourth-order valence-corrected chi connectivity index (χ4v) is 9.97. The summed E-state index contributed by atoms with van der Waals surface area (Å²) < 4.78 is 6.16. The van der Waals surface area contributed by atoms with Gasteiger partial charge in [-0.1, -0.05) is 190 Å². The van der Waals surface area contributed by atoms with Crippen molar-refractivity contribution in [1.82, 2.24) is 0 Å². The van der Waals surface area contributed by atoms with E-state index in [0.717, 1.165) is 44.6 Å². The van der Waals surface area contributed by atoms with Crippen molar-refractivity contribution in [3.05, 3.63) is 248 Å². The van der Waals surface area contributed by atoms with Crippen LogP contribution >= 0.6 is 0 Å². The summed E-state index contributed by atoms with van der Waals surface area (Å²) in [5, 5.41) is 2.30. The third kappa shape index (κ3) is 6.83. The van der Waals surface area contributed by atoms with Crippen LogP contribution in [0.5, 0.6) is 0 Å². The predicted octanol–water partition coefficient (Wildman–Crippen LogP) is 17.7. The van der Waals surface area contributed by atoms with Crippen LogP contribution in [-0.2, 0) is 5.41 Å². The molecule has 65 heavy (non-hydrogen) atoms. The normalized spacial score (nSPS) is 12.6. The Kier molecular flexibility index (Phi) is 9.21. The SMILES string of the molecule is CC1(C)c2cc(-c3ccccc3)ccc2-c2ccc(N(c3ccccc3)c3ccc(-c4ccc(-c5ccc(-c6ccc(-c7ccc8c(c7)oc7ccccc78)cc6)cc5)cc4)cc3)cc21. The topological polar surface area (TPSA) is 16.4 Å². The standard InChI is InChI=1S/C63H45NO/c1-63(2)59-39-50(42-11-5-3-6-12-42)31-36-55(59)56-38-35-54(41-60(56)63)64(52-13-7-4-8-14-52)53-33-29-48(30-34-53)47-23-21-44(22-24-47)43-17-19-45(20-18-43)46-25-27-49(28-26-46)51-32-37-58-57-15-9-10-16-61(57)65-62(58)40-51/h3-41H,1-2H3. The number of furan rings is 1. The average Bonchev–Trinajstić information content (AvgIpc) is 3.85. The fraction of sp³-hybridized carbons (Fsp3) is 0.0476. The van der Waals surface area contributed by atoms with Crippen molar-refractivity contribution in [1.29, 1.82) is 0 Å². The molecule has 0 aliphatic heterocycles. The van der Waals surface area contributed by atoms with Gasteiger partial charge in [0.2, 0.25) is 0 Å². The lowest BCUT2D eigenvalue weighted by Crippen LogP contribution is -2.16. The van der Waals surface area contributed by atoms with E-state index in [9.17, 15) is 0 Å². The summed E-state index contributed by atoms with van der Waals surface area (Å²) in [6, 6.07) is 85.7. The van der Waals surface area contributed by atoms with Gasteiger partial charge in [0.1, 0.15) is 11.2 Å². The Morgan fingerprint density at radius 3 is 1.28 bits per heavy atom. The number of benzene rings is 10. The molecule has 0 saturated heterocycles. The average molecular weight is 832 g/mol. The molecule has 0 saturated carbocycles. The van der Waals surface area contributed by atoms with Crippen molar-refractivity contribution in [3.8, 4) is 66.8 Å². The Hall–Kier alpha value is -8.20. The van der Waals surface area contributed by atoms with Crippen molar-refractivity contribution in [2.75, 3.05) is 4.90 Å². The molecule has 0 bridgehead atoms. The minimum absolute atomic E-state index is 0.146. The molecule has 1 aliphatic carbocycles. The Morgan fingerprint density at radius 1 is 0.292 bits per heavy atom. The fourth-order valence-electron chi connectivity index (χ4n) is 9.97. The summed E-state index contributed by atoms with van der Waals surface area (Å²) in [5.74, 6) is 0. The molecule has 308 valence electrons. The van der Waals surface area contributed by atoms with Crippen molar-refractivity contribution in [2.45, 2.75) is 19.3 Å². The number of hydrogen-bond donors (Lipinski definition) is 0. The summed E-state index contributed by atoms with van der Waals surface area (Å²) in [6.07, 6.45) is 0. The molecule has 0 unspecified atom stereocenters. The molecule has 0 amide bonds. The second-order valence-electron chi connectivity index (χ2n) is 17.7. The zero-order valence-corrected chi connectivity index (χ0v) is 36.4. The molecular weight excluding hydrogens is 787 g/mol. The molecular formula is C63H45NO. The summed E-state index contributed by atoms with van der Waals surface area (Å²) in [4.78, 5) is 2.38. The number of para-hydroxylation sites is 2. The highest BCUT2D eigenvalue weighted by molar-refractivity contribution is 6.06. The van der Waals surface area contributed by atoms with E-state index in [1.54, 1.807) is 0 Å². The van der Waals surface area contributed by atoms with Gasteiger partial charge in [-0.05, 0) is 139 Å². The molecule has 0 N–H and O–H groups in total. The lowest BCUT2D eigenvalue weighted by molar-refractivity contribution is 0.660. The van der Waals surface area contributed by atoms with Crippen molar-refractivity contribution in [2.24, 2.45) is 0 Å². The largest absolute Gasteiger partial charge is 0.456 e. The van der Waals surface area contributed by atoms with Crippen LogP contribution in [-0.4, -0.2) is 0 Å². The molecule has 1 aromatic heterocycles. The first kappa shape index (κ1) is 38.5. The first-order valence-corrected chi connectivity index (χ1v) is 22.5. The van der Waals surface area contributed by atoms with Gasteiger partial charge in [0.25, 0.3) is 0 Å². The van der Waals surface area contributed by atoms with Gasteiger partial charge >= 0.3 is 0 Å². The third-order valence-electron chi connectivity index (χ3n) is 13.5. The van der Waals surface area contributed by atoms with E-state index in [4.69, 9.17) is 4.42 Å². The van der Waals surface area contributed by atoms with Gasteiger partial charge in [0, 0.05) is 33.2 Å². The van der Waals surface area contributed by atoms with Crippen LogP contribution in [0.15, 0.2) is 241 Å². The van der Waals surface area contributed by atoms with Gasteiger partial charge < -0.3 is 9.32 Å². The Balaban J connectivity index is 0.770. The van der Waals surface area contributed by atoms with Gasteiger partial charge in [-0.25, -0.2) is 0 Å². The molecule has 0 fully saturated rings. The van der Waals surface area contributed by atoms with Gasteiger partial charge in [0.15, 0.2) is 0 Å².